The molecular formula is C21H19FN6O2S. The van der Waals surface area contributed by atoms with Gasteiger partial charge in [0, 0.05) is 16.5 Å². The van der Waals surface area contributed by atoms with Gasteiger partial charge in [-0.15, -0.1) is 16.4 Å². The molecule has 1 N–H and O–H groups in total. The predicted octanol–water partition coefficient (Wildman–Crippen LogP) is 4.35. The van der Waals surface area contributed by atoms with Crippen molar-refractivity contribution in [3.63, 3.8) is 0 Å². The fourth-order valence-electron chi connectivity index (χ4n) is 2.81. The Labute approximate surface area is 181 Å². The Hall–Kier alpha value is -3.66. The minimum absolute atomic E-state index is 0.133. The summed E-state index contributed by atoms with van der Waals surface area (Å²) in [5.74, 6) is 0.633. The number of carbonyl (C=O) groups excluding carboxylic acids is 1. The number of thiazole rings is 1. The number of tetrazole rings is 1. The van der Waals surface area contributed by atoms with Crippen molar-refractivity contribution in [2.75, 3.05) is 5.32 Å². The fraction of sp³-hybridized carbons (Fsp3) is 0.190. The monoisotopic (exact) mass is 438 g/mol. The van der Waals surface area contributed by atoms with Gasteiger partial charge in [-0.2, -0.15) is 0 Å². The van der Waals surface area contributed by atoms with Crippen molar-refractivity contribution >= 4 is 22.4 Å². The zero-order valence-corrected chi connectivity index (χ0v) is 17.6. The van der Waals surface area contributed by atoms with Crippen LogP contribution >= 0.6 is 11.3 Å². The van der Waals surface area contributed by atoms with Gasteiger partial charge < -0.3 is 4.74 Å². The van der Waals surface area contributed by atoms with Crippen molar-refractivity contribution in [2.45, 2.75) is 26.5 Å². The third kappa shape index (κ3) is 4.92. The van der Waals surface area contributed by atoms with Crippen LogP contribution < -0.4 is 10.1 Å². The number of halogens is 1. The molecule has 4 rings (SSSR count). The molecule has 2 aromatic carbocycles. The molecule has 4 aromatic rings. The summed E-state index contributed by atoms with van der Waals surface area (Å²) >= 11 is 1.30. The first-order valence-corrected chi connectivity index (χ1v) is 10.4. The summed E-state index contributed by atoms with van der Waals surface area (Å²) in [6.45, 7) is 4.19. The maximum Gasteiger partial charge on any atom is 0.257 e. The molecule has 0 saturated heterocycles. The van der Waals surface area contributed by atoms with E-state index in [0.29, 0.717) is 28.0 Å². The van der Waals surface area contributed by atoms with Gasteiger partial charge in [0.05, 0.1) is 11.7 Å². The highest BCUT2D eigenvalue weighted by Crippen LogP contribution is 2.25. The van der Waals surface area contributed by atoms with E-state index in [4.69, 9.17) is 4.74 Å². The summed E-state index contributed by atoms with van der Waals surface area (Å²) in [5, 5.41) is 16.6. The first-order valence-electron chi connectivity index (χ1n) is 9.52. The van der Waals surface area contributed by atoms with E-state index in [1.807, 2.05) is 19.2 Å². The molecule has 0 radical (unpaired) electrons. The average Bonchev–Trinajstić information content (AvgIpc) is 3.43. The van der Waals surface area contributed by atoms with Crippen LogP contribution in [0.3, 0.4) is 0 Å². The van der Waals surface area contributed by atoms with Crippen LogP contribution in [0.2, 0.25) is 0 Å². The minimum atomic E-state index is -0.307. The molecule has 0 fully saturated rings. The van der Waals surface area contributed by atoms with Gasteiger partial charge in [0.25, 0.3) is 5.91 Å². The zero-order valence-electron chi connectivity index (χ0n) is 16.8. The first kappa shape index (κ1) is 20.6. The van der Waals surface area contributed by atoms with E-state index in [1.165, 1.54) is 23.5 Å². The van der Waals surface area contributed by atoms with Crippen LogP contribution in [-0.4, -0.2) is 31.1 Å². The zero-order chi connectivity index (χ0) is 21.8. The van der Waals surface area contributed by atoms with Crippen molar-refractivity contribution in [2.24, 2.45) is 0 Å². The maximum atomic E-state index is 13.1. The number of amides is 1. The number of hydrogen-bond acceptors (Lipinski definition) is 7. The highest BCUT2D eigenvalue weighted by molar-refractivity contribution is 7.14. The molecule has 8 nitrogen and oxygen atoms in total. The topological polar surface area (TPSA) is 94.8 Å². The van der Waals surface area contributed by atoms with Crippen molar-refractivity contribution < 1.29 is 13.9 Å². The van der Waals surface area contributed by atoms with Crippen LogP contribution in [0, 0.1) is 5.82 Å². The molecule has 31 heavy (non-hydrogen) atoms. The molecule has 2 aromatic heterocycles. The second-order valence-corrected chi connectivity index (χ2v) is 7.80. The van der Waals surface area contributed by atoms with E-state index >= 15 is 0 Å². The standard InChI is InChI=1S/C21H19FN6O2S/c1-13(2)28-19(25-26-27-28)11-30-17-9-5-15(6-10-17)20(29)24-21-23-18(12-31-21)14-3-7-16(22)8-4-14/h3-10,12-13H,11H2,1-2H3,(H,23,24,29). The first-order chi connectivity index (χ1) is 15.0. The van der Waals surface area contributed by atoms with Gasteiger partial charge in [0.15, 0.2) is 11.0 Å². The van der Waals surface area contributed by atoms with Crippen LogP contribution in [0.15, 0.2) is 53.9 Å². The van der Waals surface area contributed by atoms with E-state index in [-0.39, 0.29) is 24.4 Å². The molecule has 0 aliphatic rings. The summed E-state index contributed by atoms with van der Waals surface area (Å²) in [6.07, 6.45) is 0. The molecule has 0 unspecified atom stereocenters. The summed E-state index contributed by atoms with van der Waals surface area (Å²) in [4.78, 5) is 16.9. The number of hydrogen-bond donors (Lipinski definition) is 1. The Morgan fingerprint density at radius 1 is 1.16 bits per heavy atom. The average molecular weight is 438 g/mol. The number of nitrogens with one attached hydrogen (secondary N) is 1. The number of carbonyl (C=O) groups is 1. The van der Waals surface area contributed by atoms with Gasteiger partial charge in [-0.05, 0) is 72.8 Å². The SMILES string of the molecule is CC(C)n1nnnc1COc1ccc(C(=O)Nc2nc(-c3ccc(F)cc3)cs2)cc1. The van der Waals surface area contributed by atoms with Gasteiger partial charge in [-0.3, -0.25) is 10.1 Å². The fourth-order valence-corrected chi connectivity index (χ4v) is 3.53. The van der Waals surface area contributed by atoms with Gasteiger partial charge in [0.1, 0.15) is 18.2 Å². The number of anilines is 1. The number of ether oxygens (including phenoxy) is 1. The molecule has 0 aliphatic carbocycles. The third-order valence-corrected chi connectivity index (χ3v) is 5.16. The lowest BCUT2D eigenvalue weighted by atomic mass is 10.2. The Balaban J connectivity index is 1.36. The van der Waals surface area contributed by atoms with E-state index in [0.717, 1.165) is 5.56 Å². The molecule has 0 aliphatic heterocycles. The van der Waals surface area contributed by atoms with Gasteiger partial charge in [-0.25, -0.2) is 14.1 Å². The summed E-state index contributed by atoms with van der Waals surface area (Å²) in [7, 11) is 0. The molecule has 1 amide bonds. The largest absolute Gasteiger partial charge is 0.486 e. The van der Waals surface area contributed by atoms with Gasteiger partial charge in [-0.1, -0.05) is 0 Å². The van der Waals surface area contributed by atoms with E-state index in [9.17, 15) is 9.18 Å². The summed E-state index contributed by atoms with van der Waals surface area (Å²) in [6, 6.07) is 12.9. The predicted molar refractivity (Wildman–Crippen MR) is 114 cm³/mol. The second kappa shape index (κ2) is 9.00. The van der Waals surface area contributed by atoms with Crippen molar-refractivity contribution in [1.29, 1.82) is 0 Å². The Morgan fingerprint density at radius 2 is 1.90 bits per heavy atom. The molecule has 158 valence electrons. The van der Waals surface area contributed by atoms with E-state index < -0.39 is 0 Å². The van der Waals surface area contributed by atoms with Crippen LogP contribution in [0.4, 0.5) is 9.52 Å². The highest BCUT2D eigenvalue weighted by Gasteiger charge is 2.12. The second-order valence-electron chi connectivity index (χ2n) is 6.95. The molecule has 2 heterocycles. The lowest BCUT2D eigenvalue weighted by molar-refractivity contribution is 0.102. The molecule has 0 spiro atoms. The number of rotatable bonds is 7. The summed E-state index contributed by atoms with van der Waals surface area (Å²) < 4.78 is 20.5. The van der Waals surface area contributed by atoms with Crippen LogP contribution in [0.5, 0.6) is 5.75 Å². The highest BCUT2D eigenvalue weighted by atomic mass is 32.1. The molecule has 0 saturated carbocycles. The van der Waals surface area contributed by atoms with Gasteiger partial charge in [0.2, 0.25) is 0 Å². The smallest absolute Gasteiger partial charge is 0.257 e. The van der Waals surface area contributed by atoms with Crippen LogP contribution in [-0.2, 0) is 6.61 Å². The molecule has 0 atom stereocenters. The lowest BCUT2D eigenvalue weighted by Crippen LogP contribution is -2.12. The molecule has 10 heteroatoms. The van der Waals surface area contributed by atoms with E-state index in [2.05, 4.69) is 25.8 Å². The Kier molecular flexibility index (Phi) is 5.99. The summed E-state index contributed by atoms with van der Waals surface area (Å²) in [5.41, 5.74) is 1.92. The van der Waals surface area contributed by atoms with Crippen molar-refractivity contribution in [3.8, 4) is 17.0 Å². The third-order valence-electron chi connectivity index (χ3n) is 4.40. The number of nitrogens with zero attached hydrogens (tertiary/aromatic N) is 5. The van der Waals surface area contributed by atoms with E-state index in [1.54, 1.807) is 41.1 Å². The van der Waals surface area contributed by atoms with Crippen molar-refractivity contribution in [3.05, 3.63) is 71.1 Å². The van der Waals surface area contributed by atoms with Gasteiger partial charge >= 0.3 is 0 Å². The van der Waals surface area contributed by atoms with Crippen molar-refractivity contribution in [1.82, 2.24) is 25.2 Å². The number of benzene rings is 2. The molecule has 0 bridgehead atoms. The minimum Gasteiger partial charge on any atom is -0.486 e. The quantitative estimate of drug-likeness (QED) is 0.461. The maximum absolute atomic E-state index is 13.1. The number of aromatic nitrogens is 5. The molecular weight excluding hydrogens is 419 g/mol. The van der Waals surface area contributed by atoms with Crippen LogP contribution in [0.25, 0.3) is 11.3 Å². The normalized spacial score (nSPS) is 11.0. The Bertz CT molecular complexity index is 1170. The Morgan fingerprint density at radius 3 is 2.61 bits per heavy atom. The van der Waals surface area contributed by atoms with Crippen LogP contribution in [0.1, 0.15) is 36.1 Å². The lowest BCUT2D eigenvalue weighted by Gasteiger charge is -2.09.